The van der Waals surface area contributed by atoms with Crippen molar-refractivity contribution in [1.29, 1.82) is 0 Å². The van der Waals surface area contributed by atoms with Crippen molar-refractivity contribution in [3.8, 4) is 0 Å². The molecule has 1 heterocycles. The van der Waals surface area contributed by atoms with Gasteiger partial charge in [0.2, 0.25) is 0 Å². The fraction of sp³-hybridized carbons (Fsp3) is 0.571. The van der Waals surface area contributed by atoms with Crippen LogP contribution in [-0.4, -0.2) is 33.4 Å². The van der Waals surface area contributed by atoms with Crippen molar-refractivity contribution < 1.29 is 18.3 Å². The first-order chi connectivity index (χ1) is 9.24. The van der Waals surface area contributed by atoms with E-state index in [0.717, 1.165) is 19.0 Å². The molecule has 0 aromatic heterocycles. The maximum absolute atomic E-state index is 13.8. The smallest absolute Gasteiger partial charge is 0.164 e. The van der Waals surface area contributed by atoms with Crippen molar-refractivity contribution >= 4 is 0 Å². The van der Waals surface area contributed by atoms with Gasteiger partial charge in [-0.3, -0.25) is 0 Å². The van der Waals surface area contributed by atoms with Gasteiger partial charge < -0.3 is 14.8 Å². The molecule has 0 radical (unpaired) electrons. The Morgan fingerprint density at radius 1 is 1.42 bits per heavy atom. The van der Waals surface area contributed by atoms with E-state index in [1.54, 1.807) is 13.2 Å². The summed E-state index contributed by atoms with van der Waals surface area (Å²) in [4.78, 5) is 0. The molecule has 1 N–H and O–H groups in total. The first-order valence-corrected chi connectivity index (χ1v) is 6.49. The SMILES string of the molecule is COCCNCC1CCOC1c1cccc(F)c1F. The van der Waals surface area contributed by atoms with E-state index in [4.69, 9.17) is 9.47 Å². The van der Waals surface area contributed by atoms with Gasteiger partial charge in [0.25, 0.3) is 0 Å². The van der Waals surface area contributed by atoms with Gasteiger partial charge in [-0.15, -0.1) is 0 Å². The van der Waals surface area contributed by atoms with Crippen LogP contribution in [0.1, 0.15) is 18.1 Å². The maximum Gasteiger partial charge on any atom is 0.164 e. The van der Waals surface area contributed by atoms with Gasteiger partial charge in [-0.25, -0.2) is 8.78 Å². The minimum Gasteiger partial charge on any atom is -0.383 e. The second-order valence-electron chi connectivity index (χ2n) is 4.68. The third-order valence-electron chi connectivity index (χ3n) is 3.39. The van der Waals surface area contributed by atoms with Crippen LogP contribution in [0.5, 0.6) is 0 Å². The maximum atomic E-state index is 13.8. The van der Waals surface area contributed by atoms with E-state index in [9.17, 15) is 8.78 Å². The van der Waals surface area contributed by atoms with Crippen LogP contribution in [0.3, 0.4) is 0 Å². The summed E-state index contributed by atoms with van der Waals surface area (Å²) < 4.78 is 37.5. The van der Waals surface area contributed by atoms with Crippen molar-refractivity contribution in [3.63, 3.8) is 0 Å². The average molecular weight is 271 g/mol. The molecule has 3 nitrogen and oxygen atoms in total. The zero-order valence-electron chi connectivity index (χ0n) is 11.0. The lowest BCUT2D eigenvalue weighted by Gasteiger charge is -2.20. The molecule has 1 fully saturated rings. The molecule has 2 unspecified atom stereocenters. The summed E-state index contributed by atoms with van der Waals surface area (Å²) in [5.74, 6) is -1.46. The van der Waals surface area contributed by atoms with Gasteiger partial charge in [-0.2, -0.15) is 0 Å². The molecular formula is C14H19F2NO2. The van der Waals surface area contributed by atoms with E-state index in [1.165, 1.54) is 6.07 Å². The van der Waals surface area contributed by atoms with Crippen LogP contribution in [0.4, 0.5) is 8.78 Å². The molecular weight excluding hydrogens is 252 g/mol. The van der Waals surface area contributed by atoms with E-state index in [1.807, 2.05) is 0 Å². The number of halogens is 2. The van der Waals surface area contributed by atoms with Gasteiger partial charge >= 0.3 is 0 Å². The summed E-state index contributed by atoms with van der Waals surface area (Å²) in [6.07, 6.45) is 0.478. The minimum atomic E-state index is -0.820. The molecule has 0 bridgehead atoms. The molecule has 0 amide bonds. The number of hydrogen-bond acceptors (Lipinski definition) is 3. The molecule has 1 aromatic rings. The zero-order chi connectivity index (χ0) is 13.7. The van der Waals surface area contributed by atoms with Crippen LogP contribution >= 0.6 is 0 Å². The first-order valence-electron chi connectivity index (χ1n) is 6.49. The Balaban J connectivity index is 2.00. The van der Waals surface area contributed by atoms with Gasteiger partial charge in [0.15, 0.2) is 11.6 Å². The molecule has 0 aliphatic carbocycles. The molecule has 5 heteroatoms. The van der Waals surface area contributed by atoms with Crippen molar-refractivity contribution in [3.05, 3.63) is 35.4 Å². The molecule has 2 atom stereocenters. The van der Waals surface area contributed by atoms with E-state index in [2.05, 4.69) is 5.32 Å². The molecule has 2 rings (SSSR count). The predicted molar refractivity (Wildman–Crippen MR) is 67.9 cm³/mol. The Bertz CT molecular complexity index is 414. The molecule has 1 aromatic carbocycles. The number of nitrogens with one attached hydrogen (secondary N) is 1. The van der Waals surface area contributed by atoms with Crippen LogP contribution in [0.2, 0.25) is 0 Å². The number of methoxy groups -OCH3 is 1. The largest absolute Gasteiger partial charge is 0.383 e. The normalized spacial score (nSPS) is 22.9. The lowest BCUT2D eigenvalue weighted by Crippen LogP contribution is -2.28. The van der Waals surface area contributed by atoms with Crippen LogP contribution < -0.4 is 5.32 Å². The molecule has 1 aliphatic rings. The second-order valence-corrected chi connectivity index (χ2v) is 4.68. The lowest BCUT2D eigenvalue weighted by atomic mass is 9.95. The summed E-state index contributed by atoms with van der Waals surface area (Å²) in [6, 6.07) is 4.24. The Morgan fingerprint density at radius 3 is 3.05 bits per heavy atom. The van der Waals surface area contributed by atoms with Crippen molar-refractivity contribution in [1.82, 2.24) is 5.32 Å². The molecule has 0 saturated carbocycles. The monoisotopic (exact) mass is 271 g/mol. The van der Waals surface area contributed by atoms with Gasteiger partial charge in [0, 0.05) is 38.3 Å². The van der Waals surface area contributed by atoms with Gasteiger partial charge in [0.1, 0.15) is 0 Å². The fourth-order valence-corrected chi connectivity index (χ4v) is 2.39. The van der Waals surface area contributed by atoms with Crippen LogP contribution in [0.25, 0.3) is 0 Å². The van der Waals surface area contributed by atoms with Crippen molar-refractivity contribution in [2.45, 2.75) is 12.5 Å². The summed E-state index contributed by atoms with van der Waals surface area (Å²) in [7, 11) is 1.64. The van der Waals surface area contributed by atoms with Crippen LogP contribution in [-0.2, 0) is 9.47 Å². The highest BCUT2D eigenvalue weighted by molar-refractivity contribution is 5.22. The van der Waals surface area contributed by atoms with Crippen LogP contribution in [0, 0.1) is 17.6 Å². The van der Waals surface area contributed by atoms with Crippen molar-refractivity contribution in [2.75, 3.05) is 33.4 Å². The number of hydrogen-bond donors (Lipinski definition) is 1. The van der Waals surface area contributed by atoms with E-state index in [0.29, 0.717) is 25.3 Å². The fourth-order valence-electron chi connectivity index (χ4n) is 2.39. The first kappa shape index (κ1) is 14.4. The third kappa shape index (κ3) is 3.49. The van der Waals surface area contributed by atoms with E-state index < -0.39 is 11.6 Å². The predicted octanol–water partition coefficient (Wildman–Crippen LogP) is 2.28. The van der Waals surface area contributed by atoms with Gasteiger partial charge in [0.05, 0.1) is 12.7 Å². The van der Waals surface area contributed by atoms with Crippen LogP contribution in [0.15, 0.2) is 18.2 Å². The minimum absolute atomic E-state index is 0.160. The molecule has 19 heavy (non-hydrogen) atoms. The summed E-state index contributed by atoms with van der Waals surface area (Å²) in [5.41, 5.74) is 0.316. The van der Waals surface area contributed by atoms with E-state index in [-0.39, 0.29) is 12.0 Å². The molecule has 0 spiro atoms. The van der Waals surface area contributed by atoms with Gasteiger partial charge in [-0.05, 0) is 12.5 Å². The Hall–Kier alpha value is -1.04. The highest BCUT2D eigenvalue weighted by atomic mass is 19.2. The van der Waals surface area contributed by atoms with Gasteiger partial charge in [-0.1, -0.05) is 12.1 Å². The number of ether oxygens (including phenoxy) is 2. The zero-order valence-corrected chi connectivity index (χ0v) is 11.0. The Morgan fingerprint density at radius 2 is 2.26 bits per heavy atom. The molecule has 106 valence electrons. The average Bonchev–Trinajstić information content (AvgIpc) is 2.86. The Kier molecular flexibility index (Phi) is 5.24. The highest BCUT2D eigenvalue weighted by Crippen LogP contribution is 2.35. The molecule has 1 aliphatic heterocycles. The lowest BCUT2D eigenvalue weighted by molar-refractivity contribution is 0.0862. The third-order valence-corrected chi connectivity index (χ3v) is 3.39. The number of rotatable bonds is 6. The summed E-state index contributed by atoms with van der Waals surface area (Å²) >= 11 is 0. The summed E-state index contributed by atoms with van der Waals surface area (Å²) in [6.45, 7) is 2.67. The second kappa shape index (κ2) is 6.93. The Labute approximate surface area is 111 Å². The number of benzene rings is 1. The van der Waals surface area contributed by atoms with E-state index >= 15 is 0 Å². The topological polar surface area (TPSA) is 30.5 Å². The highest BCUT2D eigenvalue weighted by Gasteiger charge is 2.31. The van der Waals surface area contributed by atoms with Crippen molar-refractivity contribution in [2.24, 2.45) is 5.92 Å². The quantitative estimate of drug-likeness (QED) is 0.805. The standard InChI is InChI=1S/C14H19F2NO2/c1-18-8-6-17-9-10-5-7-19-14(10)11-3-2-4-12(15)13(11)16/h2-4,10,14,17H,5-9H2,1H3. The molecule has 1 saturated heterocycles. The summed E-state index contributed by atoms with van der Waals surface area (Å²) in [5, 5.41) is 3.24.